The average Bonchev–Trinajstić information content (AvgIpc) is 3.31. The van der Waals surface area contributed by atoms with Crippen molar-refractivity contribution in [2.24, 2.45) is 17.8 Å². The van der Waals surface area contributed by atoms with E-state index in [9.17, 15) is 37.5 Å². The lowest BCUT2D eigenvalue weighted by Gasteiger charge is -2.50. The van der Waals surface area contributed by atoms with Crippen LogP contribution in [0.5, 0.6) is 11.5 Å². The topological polar surface area (TPSA) is 120 Å². The van der Waals surface area contributed by atoms with Gasteiger partial charge in [0.15, 0.2) is 15.6 Å². The van der Waals surface area contributed by atoms with E-state index in [0.717, 1.165) is 16.0 Å². The van der Waals surface area contributed by atoms with E-state index < -0.39 is 74.7 Å². The van der Waals surface area contributed by atoms with Gasteiger partial charge in [-0.15, -0.1) is 23.2 Å². The van der Waals surface area contributed by atoms with Gasteiger partial charge in [0.2, 0.25) is 0 Å². The van der Waals surface area contributed by atoms with Gasteiger partial charge in [-0.25, -0.2) is 4.98 Å². The van der Waals surface area contributed by atoms with Crippen LogP contribution in [0.1, 0.15) is 30.0 Å². The van der Waals surface area contributed by atoms with E-state index in [-0.39, 0.29) is 34.9 Å². The van der Waals surface area contributed by atoms with Gasteiger partial charge in [-0.1, -0.05) is 29.3 Å². The third kappa shape index (κ3) is 4.12. The summed E-state index contributed by atoms with van der Waals surface area (Å²) in [6.07, 6.45) is -3.54. The Bertz CT molecular complexity index is 1720. The summed E-state index contributed by atoms with van der Waals surface area (Å²) in [7, 11) is 3.75. The van der Waals surface area contributed by atoms with Gasteiger partial charge < -0.3 is 9.84 Å². The molecule has 1 aromatic heterocycles. The lowest BCUT2D eigenvalue weighted by Crippen LogP contribution is -2.60. The highest BCUT2D eigenvalue weighted by Crippen LogP contribution is 2.66. The molecule has 10 nitrogen and oxygen atoms in total. The number of pyridine rings is 1. The molecular formula is C29H24Cl3F3N4O6. The Morgan fingerprint density at radius 1 is 1.07 bits per heavy atom. The quantitative estimate of drug-likeness (QED) is 0.284. The highest BCUT2D eigenvalue weighted by molar-refractivity contribution is 6.53. The third-order valence-electron chi connectivity index (χ3n) is 9.27. The van der Waals surface area contributed by atoms with E-state index in [0.29, 0.717) is 16.6 Å². The largest absolute Gasteiger partial charge is 0.508 e. The average molecular weight is 688 g/mol. The number of rotatable bonds is 4. The summed E-state index contributed by atoms with van der Waals surface area (Å²) < 4.78 is 45.9. The van der Waals surface area contributed by atoms with E-state index in [4.69, 9.17) is 39.5 Å². The minimum atomic E-state index is -4.83. The van der Waals surface area contributed by atoms with Crippen molar-refractivity contribution in [1.29, 1.82) is 0 Å². The number of halogens is 6. The van der Waals surface area contributed by atoms with E-state index >= 15 is 0 Å². The number of allylic oxidation sites excluding steroid dienone is 2. The molecule has 0 bridgehead atoms. The molecule has 6 rings (SSSR count). The van der Waals surface area contributed by atoms with Crippen molar-refractivity contribution in [3.05, 3.63) is 58.3 Å². The highest BCUT2D eigenvalue weighted by Gasteiger charge is 2.76. The molecule has 45 heavy (non-hydrogen) atoms. The molecule has 6 atom stereocenters. The predicted molar refractivity (Wildman–Crippen MR) is 155 cm³/mol. The zero-order chi connectivity index (χ0) is 33.0. The van der Waals surface area contributed by atoms with Crippen molar-refractivity contribution >= 4 is 64.2 Å². The smallest absolute Gasteiger partial charge is 0.433 e. The third-order valence-corrected chi connectivity index (χ3v) is 11.0. The fourth-order valence-electron chi connectivity index (χ4n) is 7.25. The van der Waals surface area contributed by atoms with Crippen molar-refractivity contribution in [1.82, 2.24) is 14.9 Å². The highest BCUT2D eigenvalue weighted by atomic mass is 35.5. The number of benzene rings is 1. The second-order valence-electron chi connectivity index (χ2n) is 11.4. The maximum absolute atomic E-state index is 14.2. The Morgan fingerprint density at radius 3 is 2.40 bits per heavy atom. The van der Waals surface area contributed by atoms with Crippen LogP contribution in [0, 0.1) is 17.8 Å². The van der Waals surface area contributed by atoms with Crippen LogP contribution in [0.3, 0.4) is 0 Å². The van der Waals surface area contributed by atoms with E-state index in [1.807, 2.05) is 0 Å². The van der Waals surface area contributed by atoms with E-state index in [2.05, 4.69) is 4.98 Å². The number of carbonyl (C=O) groups excluding carboxylic acids is 4. The molecule has 0 radical (unpaired) electrons. The summed E-state index contributed by atoms with van der Waals surface area (Å²) in [4.78, 5) is 55.4. The number of hydrogen-bond acceptors (Lipinski definition) is 8. The standard InChI is InChI=1S/C29H24Cl3F3N4O6/c1-37-25(43)27(31)11-14-12(21(28(27,32)26(37)44)20-16(40)5-4-6-17(20)45-3)7-8-13-19(14)24(42)39(23(13)41)38(2)22-15(30)9-10-18(36-22)29(33,34)35/h4-7,9-10,13-14,19,21,40H,8,11H2,1-3H3. The van der Waals surface area contributed by atoms with Crippen LogP contribution >= 0.6 is 34.8 Å². The number of anilines is 1. The summed E-state index contributed by atoms with van der Waals surface area (Å²) in [5.41, 5.74) is -0.826. The Hall–Kier alpha value is -3.55. The molecule has 1 N–H and O–H groups in total. The fraction of sp³-hybridized carbons (Fsp3) is 0.414. The molecule has 2 saturated heterocycles. The minimum Gasteiger partial charge on any atom is -0.508 e. The fourth-order valence-corrected chi connectivity index (χ4v) is 8.48. The number of hydrogen-bond donors (Lipinski definition) is 1. The first kappa shape index (κ1) is 31.4. The van der Waals surface area contributed by atoms with E-state index in [1.54, 1.807) is 6.08 Å². The van der Waals surface area contributed by atoms with Crippen molar-refractivity contribution < 1.29 is 42.2 Å². The summed E-state index contributed by atoms with van der Waals surface area (Å²) in [6, 6.07) is 6.02. The first-order valence-electron chi connectivity index (χ1n) is 13.6. The second kappa shape index (κ2) is 10.2. The van der Waals surface area contributed by atoms with Crippen LogP contribution < -0.4 is 9.75 Å². The molecule has 3 fully saturated rings. The summed E-state index contributed by atoms with van der Waals surface area (Å²) >= 11 is 20.4. The minimum absolute atomic E-state index is 0.0260. The Labute approximate surface area is 269 Å². The molecule has 238 valence electrons. The number of phenols is 1. The molecule has 3 heterocycles. The number of aromatic hydroxyl groups is 1. The van der Waals surface area contributed by atoms with Crippen LogP contribution in [0.15, 0.2) is 42.0 Å². The van der Waals surface area contributed by atoms with Gasteiger partial charge in [-0.05, 0) is 43.0 Å². The van der Waals surface area contributed by atoms with Crippen molar-refractivity contribution in [2.45, 2.75) is 34.7 Å². The van der Waals surface area contributed by atoms with E-state index in [1.165, 1.54) is 39.4 Å². The number of phenolic OH excluding ortho intramolecular Hbond substituents is 1. The molecule has 2 aliphatic carbocycles. The summed E-state index contributed by atoms with van der Waals surface area (Å²) in [5.74, 6) is -8.21. The van der Waals surface area contributed by atoms with Crippen LogP contribution in [0.25, 0.3) is 0 Å². The number of hydrazine groups is 1. The predicted octanol–water partition coefficient (Wildman–Crippen LogP) is 4.51. The number of likely N-dealkylation sites (tertiary alicyclic amines) is 1. The molecule has 6 unspecified atom stereocenters. The number of carbonyl (C=O) groups is 4. The van der Waals surface area contributed by atoms with Crippen molar-refractivity contribution in [3.63, 3.8) is 0 Å². The molecule has 4 aliphatic rings. The number of methoxy groups -OCH3 is 1. The zero-order valence-electron chi connectivity index (χ0n) is 23.7. The van der Waals surface area contributed by atoms with Crippen molar-refractivity contribution in [2.75, 3.05) is 26.2 Å². The first-order chi connectivity index (χ1) is 21.0. The van der Waals surface area contributed by atoms with Crippen LogP contribution in [-0.4, -0.2) is 74.6 Å². The van der Waals surface area contributed by atoms with Gasteiger partial charge in [-0.3, -0.25) is 29.1 Å². The van der Waals surface area contributed by atoms with Crippen LogP contribution in [0.2, 0.25) is 5.02 Å². The van der Waals surface area contributed by atoms with Gasteiger partial charge in [0.25, 0.3) is 23.6 Å². The van der Waals surface area contributed by atoms with Gasteiger partial charge in [0.1, 0.15) is 17.2 Å². The number of fused-ring (bicyclic) bond motifs is 4. The van der Waals surface area contributed by atoms with Crippen LogP contribution in [0.4, 0.5) is 19.0 Å². The Balaban J connectivity index is 1.49. The number of imide groups is 2. The summed E-state index contributed by atoms with van der Waals surface area (Å²) in [5, 5.41) is 12.4. The van der Waals surface area contributed by atoms with Crippen LogP contribution in [-0.2, 0) is 25.4 Å². The summed E-state index contributed by atoms with van der Waals surface area (Å²) in [6.45, 7) is 0. The lowest BCUT2D eigenvalue weighted by molar-refractivity contribution is -0.141. The first-order valence-corrected chi connectivity index (χ1v) is 14.8. The maximum Gasteiger partial charge on any atom is 0.433 e. The molecule has 2 aliphatic heterocycles. The Morgan fingerprint density at radius 2 is 1.76 bits per heavy atom. The molecule has 1 saturated carbocycles. The maximum atomic E-state index is 14.2. The molecular weight excluding hydrogens is 664 g/mol. The Kier molecular flexibility index (Phi) is 7.15. The lowest BCUT2D eigenvalue weighted by atomic mass is 9.56. The molecule has 1 aromatic carbocycles. The molecule has 2 aromatic rings. The van der Waals surface area contributed by atoms with Crippen molar-refractivity contribution in [3.8, 4) is 11.5 Å². The van der Waals surface area contributed by atoms with Gasteiger partial charge in [0.05, 0.1) is 24.0 Å². The number of amides is 4. The molecule has 16 heteroatoms. The zero-order valence-corrected chi connectivity index (χ0v) is 26.0. The second-order valence-corrected chi connectivity index (χ2v) is 13.1. The van der Waals surface area contributed by atoms with Gasteiger partial charge >= 0.3 is 6.18 Å². The normalized spacial score (nSPS) is 31.1. The SMILES string of the molecule is COc1cccc(O)c1C1C2=CCC3C(=O)N(N(C)c4nc(C(F)(F)F)ccc4Cl)C(=O)C3C2CC2(Cl)C(=O)N(C)C(=O)C12Cl. The number of ether oxygens (including phenoxy) is 1. The number of aromatic nitrogens is 1. The number of nitrogens with zero attached hydrogens (tertiary/aromatic N) is 4. The van der Waals surface area contributed by atoms with Gasteiger partial charge in [0, 0.05) is 25.6 Å². The number of alkyl halides is 5. The molecule has 4 amide bonds. The monoisotopic (exact) mass is 686 g/mol. The van der Waals surface area contributed by atoms with Gasteiger partial charge in [-0.2, -0.15) is 18.2 Å². The molecule has 0 spiro atoms.